The van der Waals surface area contributed by atoms with Crippen molar-refractivity contribution in [2.24, 2.45) is 11.8 Å². The van der Waals surface area contributed by atoms with Crippen molar-refractivity contribution in [3.05, 3.63) is 0 Å². The SMILES string of the molecule is O=C1[C@H]2CNC[C@H]1COC2. The van der Waals surface area contributed by atoms with Gasteiger partial charge in [0.25, 0.3) is 0 Å². The zero-order valence-electron chi connectivity index (χ0n) is 5.80. The molecule has 3 nitrogen and oxygen atoms in total. The van der Waals surface area contributed by atoms with Crippen LogP contribution in [0, 0.1) is 11.8 Å². The summed E-state index contributed by atoms with van der Waals surface area (Å²) in [6.45, 7) is 2.88. The molecule has 2 saturated heterocycles. The maximum Gasteiger partial charge on any atom is 0.146 e. The number of nitrogens with one attached hydrogen (secondary N) is 1. The number of carbonyl (C=O) groups is 1. The van der Waals surface area contributed by atoms with Crippen LogP contribution in [0.25, 0.3) is 0 Å². The molecule has 0 saturated carbocycles. The quantitative estimate of drug-likeness (QED) is 0.490. The van der Waals surface area contributed by atoms with Crippen molar-refractivity contribution in [1.82, 2.24) is 5.32 Å². The second-order valence-electron chi connectivity index (χ2n) is 2.99. The lowest BCUT2D eigenvalue weighted by atomic mass is 9.88. The molecule has 0 aromatic heterocycles. The van der Waals surface area contributed by atoms with E-state index in [1.54, 1.807) is 0 Å². The molecular formula is C7H11NO2. The summed E-state index contributed by atoms with van der Waals surface area (Å²) in [6, 6.07) is 0. The fourth-order valence-electron chi connectivity index (χ4n) is 1.60. The number of carbonyl (C=O) groups excluding carboxylic acids is 1. The molecule has 2 bridgehead atoms. The summed E-state index contributed by atoms with van der Waals surface area (Å²) < 4.78 is 5.25. The molecule has 0 spiro atoms. The van der Waals surface area contributed by atoms with Crippen LogP contribution in [-0.4, -0.2) is 32.1 Å². The molecule has 2 fully saturated rings. The normalized spacial score (nSPS) is 39.8. The average Bonchev–Trinajstić information content (AvgIpc) is 1.86. The first-order valence-corrected chi connectivity index (χ1v) is 3.70. The highest BCUT2D eigenvalue weighted by molar-refractivity contribution is 5.85. The van der Waals surface area contributed by atoms with E-state index in [1.807, 2.05) is 0 Å². The van der Waals surface area contributed by atoms with E-state index < -0.39 is 0 Å². The van der Waals surface area contributed by atoms with E-state index in [2.05, 4.69) is 5.32 Å². The molecule has 56 valence electrons. The molecule has 0 aliphatic carbocycles. The highest BCUT2D eigenvalue weighted by Gasteiger charge is 2.34. The van der Waals surface area contributed by atoms with Gasteiger partial charge in [0, 0.05) is 13.1 Å². The third kappa shape index (κ3) is 0.859. The average molecular weight is 141 g/mol. The predicted molar refractivity (Wildman–Crippen MR) is 35.7 cm³/mol. The summed E-state index contributed by atoms with van der Waals surface area (Å²) in [5, 5.41) is 3.22. The van der Waals surface area contributed by atoms with Gasteiger partial charge in [-0.3, -0.25) is 4.79 Å². The minimum absolute atomic E-state index is 0.146. The minimum atomic E-state index is 0.146. The van der Waals surface area contributed by atoms with E-state index in [0.29, 0.717) is 19.0 Å². The summed E-state index contributed by atoms with van der Waals surface area (Å²) in [7, 11) is 0. The Hall–Kier alpha value is -0.410. The van der Waals surface area contributed by atoms with Crippen molar-refractivity contribution in [3.63, 3.8) is 0 Å². The Labute approximate surface area is 59.7 Å². The van der Waals surface area contributed by atoms with Crippen LogP contribution in [0.3, 0.4) is 0 Å². The molecule has 3 heteroatoms. The summed E-state index contributed by atoms with van der Waals surface area (Å²) in [6.07, 6.45) is 0. The van der Waals surface area contributed by atoms with E-state index in [0.717, 1.165) is 13.1 Å². The molecule has 1 N–H and O–H groups in total. The molecule has 0 unspecified atom stereocenters. The standard InChI is InChI=1S/C7H11NO2/c9-7-5-1-8-2-6(7)4-10-3-5/h5-6,8H,1-4H2/t5-,6-/m0/s1. The smallest absolute Gasteiger partial charge is 0.146 e. The summed E-state index contributed by atoms with van der Waals surface area (Å²) >= 11 is 0. The highest BCUT2D eigenvalue weighted by atomic mass is 16.5. The number of rotatable bonds is 0. The summed E-state index contributed by atoms with van der Waals surface area (Å²) in [4.78, 5) is 11.3. The monoisotopic (exact) mass is 141 g/mol. The Morgan fingerprint density at radius 2 is 1.90 bits per heavy atom. The van der Waals surface area contributed by atoms with E-state index in [4.69, 9.17) is 4.74 Å². The number of ether oxygens (including phenoxy) is 1. The van der Waals surface area contributed by atoms with Gasteiger partial charge in [-0.2, -0.15) is 0 Å². The third-order valence-electron chi connectivity index (χ3n) is 2.22. The first-order valence-electron chi connectivity index (χ1n) is 3.70. The van der Waals surface area contributed by atoms with Crippen LogP contribution in [0.15, 0.2) is 0 Å². The van der Waals surface area contributed by atoms with Crippen LogP contribution in [0.4, 0.5) is 0 Å². The van der Waals surface area contributed by atoms with Crippen LogP contribution < -0.4 is 5.32 Å². The van der Waals surface area contributed by atoms with Gasteiger partial charge in [0.1, 0.15) is 5.78 Å². The molecule has 2 rings (SSSR count). The van der Waals surface area contributed by atoms with Gasteiger partial charge in [-0.05, 0) is 0 Å². The van der Waals surface area contributed by atoms with Crippen LogP contribution >= 0.6 is 0 Å². The second kappa shape index (κ2) is 2.32. The van der Waals surface area contributed by atoms with Crippen LogP contribution in [0.1, 0.15) is 0 Å². The van der Waals surface area contributed by atoms with Crippen molar-refractivity contribution in [2.45, 2.75) is 0 Å². The molecule has 2 aliphatic rings. The number of ketones is 1. The molecular weight excluding hydrogens is 130 g/mol. The summed E-state index contributed by atoms with van der Waals surface area (Å²) in [5.74, 6) is 0.699. The van der Waals surface area contributed by atoms with Gasteiger partial charge in [0.05, 0.1) is 25.0 Å². The zero-order valence-corrected chi connectivity index (χ0v) is 5.80. The van der Waals surface area contributed by atoms with Gasteiger partial charge < -0.3 is 10.1 Å². The number of piperidine rings is 1. The van der Waals surface area contributed by atoms with E-state index in [9.17, 15) is 4.79 Å². The van der Waals surface area contributed by atoms with Gasteiger partial charge in [-0.25, -0.2) is 0 Å². The molecule has 0 aromatic carbocycles. The van der Waals surface area contributed by atoms with E-state index in [-0.39, 0.29) is 11.8 Å². The Balaban J connectivity index is 2.12. The van der Waals surface area contributed by atoms with Crippen molar-refractivity contribution < 1.29 is 9.53 Å². The van der Waals surface area contributed by atoms with Gasteiger partial charge in [-0.15, -0.1) is 0 Å². The second-order valence-corrected chi connectivity index (χ2v) is 2.99. The molecule has 2 heterocycles. The molecule has 2 atom stereocenters. The van der Waals surface area contributed by atoms with Gasteiger partial charge in [0.15, 0.2) is 0 Å². The minimum Gasteiger partial charge on any atom is -0.380 e. The fourth-order valence-corrected chi connectivity index (χ4v) is 1.60. The first kappa shape index (κ1) is 6.31. The molecule has 0 amide bonds. The van der Waals surface area contributed by atoms with Crippen molar-refractivity contribution in [2.75, 3.05) is 26.3 Å². The zero-order chi connectivity index (χ0) is 6.97. The largest absolute Gasteiger partial charge is 0.380 e. The van der Waals surface area contributed by atoms with Crippen molar-refractivity contribution in [3.8, 4) is 0 Å². The van der Waals surface area contributed by atoms with Gasteiger partial charge in [0.2, 0.25) is 0 Å². The fraction of sp³-hybridized carbons (Fsp3) is 0.857. The Kier molecular flexibility index (Phi) is 1.47. The Morgan fingerprint density at radius 1 is 1.30 bits per heavy atom. The maximum atomic E-state index is 11.3. The van der Waals surface area contributed by atoms with Crippen molar-refractivity contribution >= 4 is 5.78 Å². The van der Waals surface area contributed by atoms with Gasteiger partial charge in [-0.1, -0.05) is 0 Å². The van der Waals surface area contributed by atoms with Crippen molar-refractivity contribution in [1.29, 1.82) is 0 Å². The lowest BCUT2D eigenvalue weighted by Crippen LogP contribution is -2.51. The molecule has 0 radical (unpaired) electrons. The lowest BCUT2D eigenvalue weighted by molar-refractivity contribution is -0.139. The van der Waals surface area contributed by atoms with E-state index in [1.165, 1.54) is 0 Å². The molecule has 0 aromatic rings. The number of hydrogen-bond acceptors (Lipinski definition) is 3. The van der Waals surface area contributed by atoms with E-state index >= 15 is 0 Å². The topological polar surface area (TPSA) is 38.3 Å². The highest BCUT2D eigenvalue weighted by Crippen LogP contribution is 2.17. The van der Waals surface area contributed by atoms with Crippen LogP contribution in [0.2, 0.25) is 0 Å². The summed E-state index contributed by atoms with van der Waals surface area (Å²) in [5.41, 5.74) is 0. The Morgan fingerprint density at radius 3 is 2.40 bits per heavy atom. The van der Waals surface area contributed by atoms with Gasteiger partial charge >= 0.3 is 0 Å². The van der Waals surface area contributed by atoms with Crippen LogP contribution in [0.5, 0.6) is 0 Å². The van der Waals surface area contributed by atoms with Crippen LogP contribution in [-0.2, 0) is 9.53 Å². The predicted octanol–water partition coefficient (Wildman–Crippen LogP) is -0.579. The first-order chi connectivity index (χ1) is 4.88. The maximum absolute atomic E-state index is 11.3. The number of hydrogen-bond donors (Lipinski definition) is 1. The lowest BCUT2D eigenvalue weighted by Gasteiger charge is -2.33. The number of Topliss-reactive ketones (excluding diaryl/α,β-unsaturated/α-hetero) is 1. The molecule has 10 heavy (non-hydrogen) atoms. The third-order valence-corrected chi connectivity index (χ3v) is 2.22. The Bertz CT molecular complexity index is 134. The number of fused-ring (bicyclic) bond motifs is 2. The molecule has 2 aliphatic heterocycles.